The van der Waals surface area contributed by atoms with Crippen molar-refractivity contribution in [2.24, 2.45) is 5.41 Å². The maximum atomic E-state index is 13.0. The summed E-state index contributed by atoms with van der Waals surface area (Å²) in [6, 6.07) is 11.6. The summed E-state index contributed by atoms with van der Waals surface area (Å²) in [5.41, 5.74) is -0.0359. The molecule has 0 bridgehead atoms. The van der Waals surface area contributed by atoms with E-state index in [1.54, 1.807) is 69.4 Å². The summed E-state index contributed by atoms with van der Waals surface area (Å²) in [5, 5.41) is 1.86. The van der Waals surface area contributed by atoms with Gasteiger partial charge in [-0.05, 0) is 23.8 Å². The topological polar surface area (TPSA) is 76.1 Å². The second-order valence-electron chi connectivity index (χ2n) is 6.59. The van der Waals surface area contributed by atoms with Crippen LogP contribution in [0.2, 0.25) is 0 Å². The molecular formula is C18H22N2O3S. The van der Waals surface area contributed by atoms with Crippen LogP contribution in [0.15, 0.2) is 59.8 Å². The van der Waals surface area contributed by atoms with E-state index in [0.717, 1.165) is 0 Å². The van der Waals surface area contributed by atoms with Gasteiger partial charge in [-0.1, -0.05) is 45.0 Å². The van der Waals surface area contributed by atoms with Crippen molar-refractivity contribution in [3.63, 3.8) is 0 Å². The summed E-state index contributed by atoms with van der Waals surface area (Å²) in [5.74, 6) is -0.195. The van der Waals surface area contributed by atoms with E-state index in [4.69, 9.17) is 0 Å². The minimum atomic E-state index is -3.65. The second kappa shape index (κ2) is 7.13. The van der Waals surface area contributed by atoms with E-state index < -0.39 is 20.5 Å². The number of hydrogen-bond acceptors (Lipinski definition) is 4. The summed E-state index contributed by atoms with van der Waals surface area (Å²) in [4.78, 5) is 16.4. The third-order valence-electron chi connectivity index (χ3n) is 3.63. The van der Waals surface area contributed by atoms with E-state index in [1.165, 1.54) is 6.20 Å². The molecular weight excluding hydrogens is 324 g/mol. The fourth-order valence-corrected chi connectivity index (χ4v) is 3.86. The van der Waals surface area contributed by atoms with Crippen molar-refractivity contribution in [1.29, 1.82) is 0 Å². The molecule has 6 heteroatoms. The Morgan fingerprint density at radius 1 is 1.12 bits per heavy atom. The SMILES string of the molecule is CC(C)(C)C(=O)NCC(c1cccnc1)S(=O)(=O)c1ccccc1. The lowest BCUT2D eigenvalue weighted by atomic mass is 9.95. The molecule has 0 spiro atoms. The number of nitrogens with one attached hydrogen (secondary N) is 1. The molecule has 0 saturated heterocycles. The van der Waals surface area contributed by atoms with Gasteiger partial charge in [0.05, 0.1) is 4.90 Å². The number of sulfone groups is 1. The van der Waals surface area contributed by atoms with Crippen molar-refractivity contribution in [2.75, 3.05) is 6.54 Å². The molecule has 0 fully saturated rings. The van der Waals surface area contributed by atoms with Gasteiger partial charge in [0.1, 0.15) is 5.25 Å². The number of carbonyl (C=O) groups is 1. The third kappa shape index (κ3) is 4.20. The molecule has 1 atom stereocenters. The molecule has 5 nitrogen and oxygen atoms in total. The molecule has 24 heavy (non-hydrogen) atoms. The lowest BCUT2D eigenvalue weighted by Gasteiger charge is -2.22. The van der Waals surface area contributed by atoms with Crippen molar-refractivity contribution in [3.05, 3.63) is 60.4 Å². The van der Waals surface area contributed by atoms with Gasteiger partial charge < -0.3 is 5.32 Å². The van der Waals surface area contributed by atoms with Crippen LogP contribution in [-0.4, -0.2) is 25.9 Å². The summed E-state index contributed by atoms with van der Waals surface area (Å²) < 4.78 is 26.0. The van der Waals surface area contributed by atoms with E-state index in [2.05, 4.69) is 10.3 Å². The lowest BCUT2D eigenvalue weighted by molar-refractivity contribution is -0.128. The summed E-state index contributed by atoms with van der Waals surface area (Å²) in [6.07, 6.45) is 3.11. The van der Waals surface area contributed by atoms with Crippen LogP contribution in [0.1, 0.15) is 31.6 Å². The molecule has 1 amide bonds. The average molecular weight is 346 g/mol. The molecule has 0 aliphatic carbocycles. The number of benzene rings is 1. The normalized spacial score (nSPS) is 13.3. The molecule has 0 saturated carbocycles. The van der Waals surface area contributed by atoms with Gasteiger partial charge in [-0.15, -0.1) is 0 Å². The molecule has 0 radical (unpaired) electrons. The monoisotopic (exact) mass is 346 g/mol. The first kappa shape index (κ1) is 18.1. The fourth-order valence-electron chi connectivity index (χ4n) is 2.20. The Hall–Kier alpha value is -2.21. The average Bonchev–Trinajstić information content (AvgIpc) is 2.55. The van der Waals surface area contributed by atoms with Crippen molar-refractivity contribution in [3.8, 4) is 0 Å². The Morgan fingerprint density at radius 2 is 1.79 bits per heavy atom. The maximum absolute atomic E-state index is 13.0. The van der Waals surface area contributed by atoms with E-state index in [1.807, 2.05) is 0 Å². The Balaban J connectivity index is 2.36. The van der Waals surface area contributed by atoms with Crippen molar-refractivity contribution in [1.82, 2.24) is 10.3 Å². The highest BCUT2D eigenvalue weighted by atomic mass is 32.2. The van der Waals surface area contributed by atoms with Gasteiger partial charge in [-0.3, -0.25) is 9.78 Å². The smallest absolute Gasteiger partial charge is 0.225 e. The van der Waals surface area contributed by atoms with E-state index in [9.17, 15) is 13.2 Å². The molecule has 1 aromatic carbocycles. The molecule has 1 unspecified atom stereocenters. The largest absolute Gasteiger partial charge is 0.354 e. The number of carbonyl (C=O) groups excluding carboxylic acids is 1. The van der Waals surface area contributed by atoms with Gasteiger partial charge in [0.2, 0.25) is 5.91 Å². The summed E-state index contributed by atoms with van der Waals surface area (Å²) >= 11 is 0. The Morgan fingerprint density at radius 3 is 2.33 bits per heavy atom. The number of hydrogen-bond donors (Lipinski definition) is 1. The van der Waals surface area contributed by atoms with Crippen LogP contribution in [0.4, 0.5) is 0 Å². The zero-order chi connectivity index (χ0) is 17.8. The van der Waals surface area contributed by atoms with Crippen LogP contribution in [0.5, 0.6) is 0 Å². The second-order valence-corrected chi connectivity index (χ2v) is 8.72. The number of amides is 1. The molecule has 0 aliphatic rings. The van der Waals surface area contributed by atoms with Gasteiger partial charge in [0.25, 0.3) is 0 Å². The fraction of sp³-hybridized carbons (Fsp3) is 0.333. The van der Waals surface area contributed by atoms with Gasteiger partial charge in [0.15, 0.2) is 9.84 Å². The summed E-state index contributed by atoms with van der Waals surface area (Å²) in [7, 11) is -3.65. The molecule has 1 N–H and O–H groups in total. The third-order valence-corrected chi connectivity index (χ3v) is 5.75. The summed E-state index contributed by atoms with van der Waals surface area (Å²) in [6.45, 7) is 5.35. The number of rotatable bonds is 5. The van der Waals surface area contributed by atoms with Gasteiger partial charge in [-0.2, -0.15) is 0 Å². The highest BCUT2D eigenvalue weighted by molar-refractivity contribution is 7.91. The Labute approximate surface area is 143 Å². The zero-order valence-electron chi connectivity index (χ0n) is 14.1. The lowest BCUT2D eigenvalue weighted by Crippen LogP contribution is -2.38. The number of pyridine rings is 1. The molecule has 0 aliphatic heterocycles. The minimum Gasteiger partial charge on any atom is -0.354 e. The zero-order valence-corrected chi connectivity index (χ0v) is 14.9. The molecule has 2 rings (SSSR count). The first-order valence-corrected chi connectivity index (χ1v) is 9.25. The highest BCUT2D eigenvalue weighted by Crippen LogP contribution is 2.28. The van der Waals surface area contributed by atoms with Crippen LogP contribution in [0.3, 0.4) is 0 Å². The van der Waals surface area contributed by atoms with Gasteiger partial charge in [0, 0.05) is 24.4 Å². The molecule has 2 aromatic rings. The van der Waals surface area contributed by atoms with Crippen molar-refractivity contribution >= 4 is 15.7 Å². The standard InChI is InChI=1S/C18H22N2O3S/c1-18(2,3)17(21)20-13-16(14-8-7-11-19-12-14)24(22,23)15-9-5-4-6-10-15/h4-12,16H,13H2,1-3H3,(H,20,21). The molecule has 1 heterocycles. The molecule has 1 aromatic heterocycles. The van der Waals surface area contributed by atoms with Crippen LogP contribution < -0.4 is 5.32 Å². The van der Waals surface area contributed by atoms with Crippen LogP contribution in [-0.2, 0) is 14.6 Å². The van der Waals surface area contributed by atoms with Crippen molar-refractivity contribution in [2.45, 2.75) is 30.9 Å². The van der Waals surface area contributed by atoms with E-state index >= 15 is 0 Å². The first-order valence-electron chi connectivity index (χ1n) is 7.70. The maximum Gasteiger partial charge on any atom is 0.225 e. The number of nitrogens with zero attached hydrogens (tertiary/aromatic N) is 1. The number of aromatic nitrogens is 1. The predicted octanol–water partition coefficient (Wildman–Crippen LogP) is 2.76. The van der Waals surface area contributed by atoms with E-state index in [0.29, 0.717) is 5.56 Å². The molecule has 128 valence electrons. The highest BCUT2D eigenvalue weighted by Gasteiger charge is 2.31. The minimum absolute atomic E-state index is 0.000968. The first-order chi connectivity index (χ1) is 11.2. The quantitative estimate of drug-likeness (QED) is 0.903. The van der Waals surface area contributed by atoms with Crippen LogP contribution in [0.25, 0.3) is 0 Å². The van der Waals surface area contributed by atoms with Crippen molar-refractivity contribution < 1.29 is 13.2 Å². The van der Waals surface area contributed by atoms with E-state index in [-0.39, 0.29) is 17.3 Å². The van der Waals surface area contributed by atoms with Crippen LogP contribution >= 0.6 is 0 Å². The van der Waals surface area contributed by atoms with Gasteiger partial charge in [-0.25, -0.2) is 8.42 Å². The predicted molar refractivity (Wildman–Crippen MR) is 93.1 cm³/mol. The van der Waals surface area contributed by atoms with Crippen LogP contribution in [0, 0.1) is 5.41 Å². The Bertz CT molecular complexity index is 782. The Kier molecular flexibility index (Phi) is 5.39. The van der Waals surface area contributed by atoms with Gasteiger partial charge >= 0.3 is 0 Å².